The van der Waals surface area contributed by atoms with Crippen LogP contribution in [-0.2, 0) is 4.79 Å². The number of nitrogens with two attached hydrogens (primary N) is 1. The van der Waals surface area contributed by atoms with Gasteiger partial charge in [0.05, 0.1) is 10.0 Å². The highest BCUT2D eigenvalue weighted by Crippen LogP contribution is 2.62. The molecule has 4 saturated carbocycles. The third kappa shape index (κ3) is 3.21. The molecule has 1 aromatic heterocycles. The van der Waals surface area contributed by atoms with E-state index in [1.807, 2.05) is 6.07 Å². The minimum Gasteiger partial charge on any atom is -0.453 e. The van der Waals surface area contributed by atoms with Crippen molar-refractivity contribution < 1.29 is 14.0 Å². The Bertz CT molecular complexity index is 982. The summed E-state index contributed by atoms with van der Waals surface area (Å²) < 4.78 is 5.85. The summed E-state index contributed by atoms with van der Waals surface area (Å²) in [7, 11) is 0. The van der Waals surface area contributed by atoms with Crippen molar-refractivity contribution in [3.05, 3.63) is 46.1 Å². The average molecular weight is 432 g/mol. The molecule has 0 aliphatic heterocycles. The van der Waals surface area contributed by atoms with Crippen LogP contribution in [0.2, 0.25) is 10.0 Å². The van der Waals surface area contributed by atoms with Crippen LogP contribution >= 0.6 is 23.2 Å². The first-order chi connectivity index (χ1) is 13.8. The van der Waals surface area contributed by atoms with Gasteiger partial charge >= 0.3 is 0 Å². The van der Waals surface area contributed by atoms with E-state index in [0.29, 0.717) is 51.7 Å². The number of Topliss-reactive ketones (excluding diaryl/α,β-unsaturated/α-hetero) is 1. The first kappa shape index (κ1) is 19.2. The molecule has 0 spiro atoms. The number of carbonyl (C=O) groups is 2. The molecule has 29 heavy (non-hydrogen) atoms. The molecule has 1 amide bonds. The number of benzene rings is 1. The maximum absolute atomic E-state index is 13.0. The van der Waals surface area contributed by atoms with Crippen molar-refractivity contribution in [3.8, 4) is 11.3 Å². The van der Waals surface area contributed by atoms with Crippen molar-refractivity contribution in [1.29, 1.82) is 0 Å². The lowest BCUT2D eigenvalue weighted by atomic mass is 9.45. The number of ketones is 1. The average Bonchev–Trinajstić information content (AvgIpc) is 3.16. The topological polar surface area (TPSA) is 73.3 Å². The van der Waals surface area contributed by atoms with E-state index in [4.69, 9.17) is 33.4 Å². The number of hydrogen-bond acceptors (Lipinski definition) is 3. The Kier molecular flexibility index (Phi) is 4.56. The molecule has 1 heterocycles. The van der Waals surface area contributed by atoms with Crippen molar-refractivity contribution in [2.24, 2.45) is 34.8 Å². The fraction of sp³-hybridized carbons (Fsp3) is 0.478. The van der Waals surface area contributed by atoms with Gasteiger partial charge in [0, 0.05) is 17.4 Å². The van der Waals surface area contributed by atoms with Gasteiger partial charge in [0.2, 0.25) is 5.91 Å². The van der Waals surface area contributed by atoms with Gasteiger partial charge < -0.3 is 10.2 Å². The Morgan fingerprint density at radius 1 is 1.03 bits per heavy atom. The molecule has 4 aliphatic rings. The molecular weight excluding hydrogens is 409 g/mol. The quantitative estimate of drug-likeness (QED) is 0.611. The zero-order valence-electron chi connectivity index (χ0n) is 16.0. The molecule has 4 aliphatic carbocycles. The van der Waals surface area contributed by atoms with Crippen LogP contribution in [0.4, 0.5) is 0 Å². The van der Waals surface area contributed by atoms with E-state index in [1.165, 1.54) is 0 Å². The summed E-state index contributed by atoms with van der Waals surface area (Å²) in [6.07, 6.45) is 5.36. The zero-order valence-corrected chi connectivity index (χ0v) is 17.5. The summed E-state index contributed by atoms with van der Waals surface area (Å²) >= 11 is 12.1. The van der Waals surface area contributed by atoms with Gasteiger partial charge in [-0.1, -0.05) is 23.2 Å². The number of amides is 1. The predicted molar refractivity (Wildman–Crippen MR) is 112 cm³/mol. The summed E-state index contributed by atoms with van der Waals surface area (Å²) in [5.74, 6) is 2.63. The van der Waals surface area contributed by atoms with E-state index >= 15 is 0 Å². The van der Waals surface area contributed by atoms with Crippen LogP contribution < -0.4 is 5.73 Å². The van der Waals surface area contributed by atoms with Crippen LogP contribution in [-0.4, -0.2) is 11.7 Å². The first-order valence-electron chi connectivity index (χ1n) is 10.2. The second kappa shape index (κ2) is 6.88. The number of halogens is 2. The third-order valence-corrected chi connectivity index (χ3v) is 8.24. The maximum atomic E-state index is 13.0. The molecule has 1 aromatic carbocycles. The van der Waals surface area contributed by atoms with Crippen molar-refractivity contribution in [3.63, 3.8) is 0 Å². The lowest BCUT2D eigenvalue weighted by Gasteiger charge is -2.58. The Labute approximate surface area is 179 Å². The van der Waals surface area contributed by atoms with Gasteiger partial charge in [-0.25, -0.2) is 0 Å². The molecule has 4 bridgehead atoms. The van der Waals surface area contributed by atoms with E-state index < -0.39 is 0 Å². The minimum atomic E-state index is -0.318. The lowest BCUT2D eigenvalue weighted by molar-refractivity contribution is -0.149. The Morgan fingerprint density at radius 2 is 1.76 bits per heavy atom. The van der Waals surface area contributed by atoms with Crippen molar-refractivity contribution in [1.82, 2.24) is 0 Å². The second-order valence-corrected chi connectivity index (χ2v) is 10.0. The molecule has 0 saturated heterocycles. The fourth-order valence-electron chi connectivity index (χ4n) is 6.37. The molecule has 2 unspecified atom stereocenters. The van der Waals surface area contributed by atoms with Crippen LogP contribution in [0.1, 0.15) is 49.1 Å². The molecule has 2 aromatic rings. The molecular formula is C23H23Cl2NO3. The second-order valence-electron chi connectivity index (χ2n) is 9.20. The van der Waals surface area contributed by atoms with Crippen molar-refractivity contribution in [2.45, 2.75) is 38.5 Å². The summed E-state index contributed by atoms with van der Waals surface area (Å²) in [6.45, 7) is 0. The molecule has 152 valence electrons. The normalized spacial score (nSPS) is 32.5. The molecule has 4 nitrogen and oxygen atoms in total. The van der Waals surface area contributed by atoms with Crippen LogP contribution in [0.15, 0.2) is 34.7 Å². The van der Waals surface area contributed by atoms with Gasteiger partial charge in [-0.05, 0) is 86.1 Å². The number of rotatable bonds is 5. The number of primary amides is 1. The van der Waals surface area contributed by atoms with Gasteiger partial charge in [0.1, 0.15) is 5.76 Å². The number of furan rings is 1. The molecule has 6 heteroatoms. The lowest BCUT2D eigenvalue weighted by Crippen LogP contribution is -2.56. The highest BCUT2D eigenvalue weighted by molar-refractivity contribution is 6.42. The summed E-state index contributed by atoms with van der Waals surface area (Å²) in [5.41, 5.74) is 6.24. The highest BCUT2D eigenvalue weighted by Gasteiger charge is 2.57. The monoisotopic (exact) mass is 431 g/mol. The molecule has 4 fully saturated rings. The Hall–Kier alpha value is -1.78. The van der Waals surface area contributed by atoms with Crippen LogP contribution in [0.3, 0.4) is 0 Å². The van der Waals surface area contributed by atoms with E-state index in [-0.39, 0.29) is 17.1 Å². The van der Waals surface area contributed by atoms with Crippen LogP contribution in [0.25, 0.3) is 11.3 Å². The zero-order chi connectivity index (χ0) is 20.3. The fourth-order valence-corrected chi connectivity index (χ4v) is 6.67. The summed E-state index contributed by atoms with van der Waals surface area (Å²) in [4.78, 5) is 25.1. The third-order valence-electron chi connectivity index (χ3n) is 7.50. The Morgan fingerprint density at radius 3 is 2.41 bits per heavy atom. The maximum Gasteiger partial charge on any atom is 0.223 e. The van der Waals surface area contributed by atoms with Gasteiger partial charge in [0.15, 0.2) is 11.5 Å². The van der Waals surface area contributed by atoms with E-state index in [9.17, 15) is 9.59 Å². The molecule has 6 rings (SSSR count). The van der Waals surface area contributed by atoms with Crippen LogP contribution in [0, 0.1) is 29.1 Å². The Balaban J connectivity index is 1.32. The van der Waals surface area contributed by atoms with Gasteiger partial charge in [-0.15, -0.1) is 0 Å². The largest absolute Gasteiger partial charge is 0.453 e. The molecule has 0 radical (unpaired) electrons. The SMILES string of the molecule is NC(=O)C12CC3CC(C1)C(CC(=O)c1ccc(-c4ccc(Cl)c(Cl)c4)o1)C(C3)C2. The van der Waals surface area contributed by atoms with Gasteiger partial charge in [0.25, 0.3) is 0 Å². The van der Waals surface area contributed by atoms with E-state index in [0.717, 1.165) is 37.7 Å². The highest BCUT2D eigenvalue weighted by atomic mass is 35.5. The molecule has 2 N–H and O–H groups in total. The first-order valence-corrected chi connectivity index (χ1v) is 11.0. The number of hydrogen-bond donors (Lipinski definition) is 1. The standard InChI is InChI=1S/C23H23Cl2NO3/c24-17-2-1-13(7-18(17)25)20-3-4-21(29-20)19(27)8-16-14-5-12-6-15(16)11-23(9-12,10-14)22(26)28/h1-4,7,12,14-16H,5-6,8-11H2,(H2,26,28). The summed E-state index contributed by atoms with van der Waals surface area (Å²) in [6, 6.07) is 8.81. The number of carbonyl (C=O) groups excluding carboxylic acids is 2. The molecule has 2 atom stereocenters. The minimum absolute atomic E-state index is 0.0295. The van der Waals surface area contributed by atoms with Crippen LogP contribution in [0.5, 0.6) is 0 Å². The van der Waals surface area contributed by atoms with Crippen molar-refractivity contribution >= 4 is 34.9 Å². The van der Waals surface area contributed by atoms with E-state index in [1.54, 1.807) is 24.3 Å². The predicted octanol–water partition coefficient (Wildman–Crippen LogP) is 5.75. The smallest absolute Gasteiger partial charge is 0.223 e. The summed E-state index contributed by atoms with van der Waals surface area (Å²) in [5, 5.41) is 0.930. The van der Waals surface area contributed by atoms with Gasteiger partial charge in [-0.3, -0.25) is 9.59 Å². The van der Waals surface area contributed by atoms with Crippen molar-refractivity contribution in [2.75, 3.05) is 0 Å². The van der Waals surface area contributed by atoms with E-state index in [2.05, 4.69) is 0 Å². The van der Waals surface area contributed by atoms with Gasteiger partial charge in [-0.2, -0.15) is 0 Å².